The van der Waals surface area contributed by atoms with Gasteiger partial charge in [-0.15, -0.1) is 11.3 Å². The largest absolute Gasteiger partial charge is 0.465 e. The normalized spacial score (nSPS) is 10.1. The molecule has 0 atom stereocenters. The van der Waals surface area contributed by atoms with Gasteiger partial charge in [-0.25, -0.2) is 9.18 Å². The van der Waals surface area contributed by atoms with E-state index in [9.17, 15) is 14.0 Å². The maximum Gasteiger partial charge on any atom is 0.350 e. The lowest BCUT2D eigenvalue weighted by Gasteiger charge is -2.06. The van der Waals surface area contributed by atoms with Gasteiger partial charge in [-0.2, -0.15) is 0 Å². The van der Waals surface area contributed by atoms with E-state index in [4.69, 9.17) is 5.73 Å². The summed E-state index contributed by atoms with van der Waals surface area (Å²) in [7, 11) is 1.26. The molecule has 0 bridgehead atoms. The van der Waals surface area contributed by atoms with E-state index >= 15 is 0 Å². The lowest BCUT2D eigenvalue weighted by atomic mass is 10.2. The van der Waals surface area contributed by atoms with E-state index in [2.05, 4.69) is 10.1 Å². The number of nitrogen functional groups attached to an aromatic ring is 1. The summed E-state index contributed by atoms with van der Waals surface area (Å²) in [5, 5.41) is 4.22. The van der Waals surface area contributed by atoms with Crippen molar-refractivity contribution >= 4 is 34.6 Å². The number of hydrogen-bond acceptors (Lipinski definition) is 5. The Bertz CT molecular complexity index is 669. The third-order valence-corrected chi connectivity index (χ3v) is 3.44. The molecule has 0 saturated carbocycles. The first-order valence-electron chi connectivity index (χ1n) is 5.55. The monoisotopic (exact) mass is 294 g/mol. The van der Waals surface area contributed by atoms with Gasteiger partial charge >= 0.3 is 5.97 Å². The first kappa shape index (κ1) is 14.0. The number of hydrogen-bond donors (Lipinski definition) is 2. The standard InChI is InChI=1S/C13H11FN2O3S/c1-19-13(18)11-10(4-5-20-11)16-12(17)7-2-3-8(14)9(15)6-7/h2-6H,15H2,1H3,(H,16,17). The number of anilines is 2. The molecule has 5 nitrogen and oxygen atoms in total. The third-order valence-electron chi connectivity index (χ3n) is 2.54. The molecule has 3 N–H and O–H groups in total. The van der Waals surface area contributed by atoms with Crippen LogP contribution in [0, 0.1) is 5.82 Å². The van der Waals surface area contributed by atoms with Crippen molar-refractivity contribution in [3.05, 3.63) is 45.9 Å². The Morgan fingerprint density at radius 2 is 2.10 bits per heavy atom. The van der Waals surface area contributed by atoms with Gasteiger partial charge in [-0.3, -0.25) is 4.79 Å². The van der Waals surface area contributed by atoms with E-state index in [1.807, 2.05) is 0 Å². The van der Waals surface area contributed by atoms with Gasteiger partial charge < -0.3 is 15.8 Å². The molecule has 2 aromatic rings. The van der Waals surface area contributed by atoms with Crippen LogP contribution in [0.15, 0.2) is 29.6 Å². The maximum absolute atomic E-state index is 13.0. The molecular formula is C13H11FN2O3S. The number of benzene rings is 1. The molecule has 1 heterocycles. The Kier molecular flexibility index (Phi) is 3.99. The highest BCUT2D eigenvalue weighted by Gasteiger charge is 2.16. The fraction of sp³-hybridized carbons (Fsp3) is 0.0769. The number of nitrogens with two attached hydrogens (primary N) is 1. The first-order chi connectivity index (χ1) is 9.52. The molecule has 2 rings (SSSR count). The predicted octanol–water partition coefficient (Wildman–Crippen LogP) is 2.51. The van der Waals surface area contributed by atoms with Gasteiger partial charge in [0.05, 0.1) is 18.5 Å². The van der Waals surface area contributed by atoms with E-state index in [0.29, 0.717) is 5.69 Å². The maximum atomic E-state index is 13.0. The zero-order valence-corrected chi connectivity index (χ0v) is 11.3. The number of ether oxygens (including phenoxy) is 1. The van der Waals surface area contributed by atoms with Crippen molar-refractivity contribution in [1.82, 2.24) is 0 Å². The SMILES string of the molecule is COC(=O)c1sccc1NC(=O)c1ccc(F)c(N)c1. The summed E-state index contributed by atoms with van der Waals surface area (Å²) in [4.78, 5) is 23.8. The molecule has 0 aliphatic heterocycles. The van der Waals surface area contributed by atoms with Gasteiger partial charge in [0.25, 0.3) is 5.91 Å². The second-order valence-electron chi connectivity index (χ2n) is 3.85. The lowest BCUT2D eigenvalue weighted by molar-refractivity contribution is 0.0607. The molecule has 0 fully saturated rings. The first-order valence-corrected chi connectivity index (χ1v) is 6.43. The quantitative estimate of drug-likeness (QED) is 0.673. The topological polar surface area (TPSA) is 81.4 Å². The Morgan fingerprint density at radius 1 is 1.35 bits per heavy atom. The lowest BCUT2D eigenvalue weighted by Crippen LogP contribution is -2.14. The molecular weight excluding hydrogens is 283 g/mol. The molecule has 20 heavy (non-hydrogen) atoms. The fourth-order valence-electron chi connectivity index (χ4n) is 1.54. The Hall–Kier alpha value is -2.41. The van der Waals surface area contributed by atoms with Gasteiger partial charge in [-0.1, -0.05) is 0 Å². The van der Waals surface area contributed by atoms with Crippen LogP contribution in [-0.4, -0.2) is 19.0 Å². The van der Waals surface area contributed by atoms with Crippen LogP contribution in [0.5, 0.6) is 0 Å². The number of carbonyl (C=O) groups is 2. The van der Waals surface area contributed by atoms with Gasteiger partial charge in [0, 0.05) is 5.56 Å². The minimum absolute atomic E-state index is 0.115. The highest BCUT2D eigenvalue weighted by molar-refractivity contribution is 7.12. The second-order valence-corrected chi connectivity index (χ2v) is 4.76. The van der Waals surface area contributed by atoms with E-state index in [0.717, 1.165) is 17.4 Å². The van der Waals surface area contributed by atoms with Crippen molar-refractivity contribution in [3.63, 3.8) is 0 Å². The van der Waals surface area contributed by atoms with Crippen molar-refractivity contribution in [3.8, 4) is 0 Å². The number of esters is 1. The molecule has 0 saturated heterocycles. The molecule has 7 heteroatoms. The van der Waals surface area contributed by atoms with Crippen molar-refractivity contribution in [1.29, 1.82) is 0 Å². The Labute approximate surface area is 118 Å². The summed E-state index contributed by atoms with van der Waals surface area (Å²) in [5.41, 5.74) is 5.83. The molecule has 0 radical (unpaired) electrons. The van der Waals surface area contributed by atoms with Crippen molar-refractivity contribution in [2.24, 2.45) is 0 Å². The average Bonchev–Trinajstić information content (AvgIpc) is 2.89. The van der Waals surface area contributed by atoms with Crippen molar-refractivity contribution in [2.45, 2.75) is 0 Å². The van der Waals surface area contributed by atoms with Crippen molar-refractivity contribution in [2.75, 3.05) is 18.2 Å². The Balaban J connectivity index is 2.22. The van der Waals surface area contributed by atoms with Crippen LogP contribution in [-0.2, 0) is 4.74 Å². The van der Waals surface area contributed by atoms with E-state index in [1.54, 1.807) is 11.4 Å². The number of amides is 1. The van der Waals surface area contributed by atoms with Crippen LogP contribution < -0.4 is 11.1 Å². The van der Waals surface area contributed by atoms with Crippen LogP contribution in [0.1, 0.15) is 20.0 Å². The summed E-state index contributed by atoms with van der Waals surface area (Å²) in [6, 6.07) is 5.24. The summed E-state index contributed by atoms with van der Waals surface area (Å²) in [5.74, 6) is -1.61. The average molecular weight is 294 g/mol. The number of methoxy groups -OCH3 is 1. The molecule has 0 spiro atoms. The highest BCUT2D eigenvalue weighted by Crippen LogP contribution is 2.24. The fourth-order valence-corrected chi connectivity index (χ4v) is 2.30. The van der Waals surface area contributed by atoms with Crippen LogP contribution >= 0.6 is 11.3 Å². The van der Waals surface area contributed by atoms with E-state index < -0.39 is 17.7 Å². The van der Waals surface area contributed by atoms with Gasteiger partial charge in [0.2, 0.25) is 0 Å². The van der Waals surface area contributed by atoms with Crippen molar-refractivity contribution < 1.29 is 18.7 Å². The summed E-state index contributed by atoms with van der Waals surface area (Å²) in [6.07, 6.45) is 0. The second kappa shape index (κ2) is 5.70. The smallest absolute Gasteiger partial charge is 0.350 e. The zero-order valence-electron chi connectivity index (χ0n) is 10.5. The van der Waals surface area contributed by atoms with Gasteiger partial charge in [0.15, 0.2) is 0 Å². The molecule has 1 aromatic heterocycles. The molecule has 1 aromatic carbocycles. The number of nitrogens with one attached hydrogen (secondary N) is 1. The summed E-state index contributed by atoms with van der Waals surface area (Å²) in [6.45, 7) is 0. The molecule has 0 aliphatic rings. The summed E-state index contributed by atoms with van der Waals surface area (Å²) < 4.78 is 17.6. The molecule has 0 unspecified atom stereocenters. The summed E-state index contributed by atoms with van der Waals surface area (Å²) >= 11 is 1.15. The zero-order chi connectivity index (χ0) is 14.7. The van der Waals surface area contributed by atoms with Gasteiger partial charge in [-0.05, 0) is 29.6 Å². The highest BCUT2D eigenvalue weighted by atomic mass is 32.1. The third kappa shape index (κ3) is 2.77. The minimum Gasteiger partial charge on any atom is -0.465 e. The number of rotatable bonds is 3. The predicted molar refractivity (Wildman–Crippen MR) is 74.4 cm³/mol. The van der Waals surface area contributed by atoms with Crippen LogP contribution in [0.3, 0.4) is 0 Å². The molecule has 0 aliphatic carbocycles. The number of halogens is 1. The van der Waals surface area contributed by atoms with Gasteiger partial charge in [0.1, 0.15) is 10.7 Å². The minimum atomic E-state index is -0.590. The molecule has 104 valence electrons. The number of thiophene rings is 1. The van der Waals surface area contributed by atoms with Crippen LogP contribution in [0.4, 0.5) is 15.8 Å². The Morgan fingerprint density at radius 3 is 2.75 bits per heavy atom. The van der Waals surface area contributed by atoms with E-state index in [-0.39, 0.29) is 16.1 Å². The van der Waals surface area contributed by atoms with Crippen LogP contribution in [0.25, 0.3) is 0 Å². The van der Waals surface area contributed by atoms with Crippen LogP contribution in [0.2, 0.25) is 0 Å². The number of carbonyl (C=O) groups excluding carboxylic acids is 2. The van der Waals surface area contributed by atoms with E-state index in [1.165, 1.54) is 19.2 Å². The molecule has 1 amide bonds.